The van der Waals surface area contributed by atoms with Gasteiger partial charge in [-0.25, -0.2) is 4.79 Å². The maximum Gasteiger partial charge on any atom is 0.317 e. The summed E-state index contributed by atoms with van der Waals surface area (Å²) in [5, 5.41) is 2.61. The van der Waals surface area contributed by atoms with Gasteiger partial charge in [0.2, 0.25) is 0 Å². The molecule has 1 aliphatic rings. The zero-order valence-corrected chi connectivity index (χ0v) is 7.05. The molecule has 0 unspecified atom stereocenters. The summed E-state index contributed by atoms with van der Waals surface area (Å²) in [6.07, 6.45) is 3.10. The first-order valence-corrected chi connectivity index (χ1v) is 3.86. The molecule has 3 nitrogen and oxygen atoms in total. The fourth-order valence-electron chi connectivity index (χ4n) is 1.11. The molecule has 0 bridgehead atoms. The molecule has 1 rings (SSSR count). The molecular weight excluding hydrogens is 140 g/mol. The normalized spacial score (nSPS) is 17.6. The van der Waals surface area contributed by atoms with E-state index in [-0.39, 0.29) is 6.03 Å². The van der Waals surface area contributed by atoms with Gasteiger partial charge in [0.1, 0.15) is 0 Å². The van der Waals surface area contributed by atoms with Crippen LogP contribution in [0, 0.1) is 0 Å². The van der Waals surface area contributed by atoms with Gasteiger partial charge in [0.15, 0.2) is 0 Å². The van der Waals surface area contributed by atoms with Crippen LogP contribution >= 0.6 is 0 Å². The van der Waals surface area contributed by atoms with E-state index in [4.69, 9.17) is 0 Å². The van der Waals surface area contributed by atoms with Gasteiger partial charge in [-0.05, 0) is 13.3 Å². The number of amides is 2. The largest absolute Gasteiger partial charge is 0.341 e. The second kappa shape index (κ2) is 3.42. The average molecular weight is 154 g/mol. The van der Waals surface area contributed by atoms with Gasteiger partial charge in [-0.1, -0.05) is 11.6 Å². The highest BCUT2D eigenvalue weighted by molar-refractivity contribution is 5.74. The Balaban J connectivity index is 2.47. The lowest BCUT2D eigenvalue weighted by atomic mass is 10.1. The average Bonchev–Trinajstić information content (AvgIpc) is 2.05. The fraction of sp³-hybridized carbons (Fsp3) is 0.625. The van der Waals surface area contributed by atoms with Crippen molar-refractivity contribution in [3.63, 3.8) is 0 Å². The van der Waals surface area contributed by atoms with Gasteiger partial charge >= 0.3 is 6.03 Å². The number of carbonyl (C=O) groups is 1. The smallest absolute Gasteiger partial charge is 0.317 e. The van der Waals surface area contributed by atoms with Crippen molar-refractivity contribution < 1.29 is 4.79 Å². The number of carbonyl (C=O) groups excluding carboxylic acids is 1. The van der Waals surface area contributed by atoms with Crippen molar-refractivity contribution in [2.45, 2.75) is 13.3 Å². The van der Waals surface area contributed by atoms with Gasteiger partial charge in [-0.3, -0.25) is 0 Å². The lowest BCUT2D eigenvalue weighted by molar-refractivity contribution is 0.204. The lowest BCUT2D eigenvalue weighted by Crippen LogP contribution is -2.40. The van der Waals surface area contributed by atoms with Crippen LogP contribution in [0.3, 0.4) is 0 Å². The molecular formula is C8H14N2O. The molecule has 1 aliphatic heterocycles. The zero-order valence-electron chi connectivity index (χ0n) is 7.05. The Morgan fingerprint density at radius 2 is 2.45 bits per heavy atom. The molecule has 0 aromatic heterocycles. The second-order valence-electron chi connectivity index (χ2n) is 2.80. The highest BCUT2D eigenvalue weighted by atomic mass is 16.2. The first-order valence-electron chi connectivity index (χ1n) is 3.86. The van der Waals surface area contributed by atoms with Gasteiger partial charge in [-0.2, -0.15) is 0 Å². The van der Waals surface area contributed by atoms with Crippen molar-refractivity contribution in [2.24, 2.45) is 0 Å². The SMILES string of the molecule is CNC(=O)N1CC=C(C)CC1. The van der Waals surface area contributed by atoms with Crippen LogP contribution in [-0.2, 0) is 0 Å². The molecule has 2 amide bonds. The highest BCUT2D eigenvalue weighted by Crippen LogP contribution is 2.08. The van der Waals surface area contributed by atoms with Crippen molar-refractivity contribution in [3.8, 4) is 0 Å². The summed E-state index contributed by atoms with van der Waals surface area (Å²) in [7, 11) is 1.66. The number of hydrogen-bond acceptors (Lipinski definition) is 1. The van der Waals surface area contributed by atoms with Crippen LogP contribution in [-0.4, -0.2) is 31.1 Å². The summed E-state index contributed by atoms with van der Waals surface area (Å²) < 4.78 is 0. The third-order valence-electron chi connectivity index (χ3n) is 1.94. The molecule has 0 saturated carbocycles. The van der Waals surface area contributed by atoms with E-state index >= 15 is 0 Å². The van der Waals surface area contributed by atoms with Crippen molar-refractivity contribution in [2.75, 3.05) is 20.1 Å². The van der Waals surface area contributed by atoms with Gasteiger partial charge < -0.3 is 10.2 Å². The van der Waals surface area contributed by atoms with Gasteiger partial charge in [0.25, 0.3) is 0 Å². The minimum atomic E-state index is 0.0220. The zero-order chi connectivity index (χ0) is 8.27. The van der Waals surface area contributed by atoms with Crippen molar-refractivity contribution in [1.29, 1.82) is 0 Å². The number of rotatable bonds is 0. The number of urea groups is 1. The van der Waals surface area contributed by atoms with Crippen LogP contribution in [0.5, 0.6) is 0 Å². The Labute approximate surface area is 67.1 Å². The number of hydrogen-bond donors (Lipinski definition) is 1. The molecule has 3 heteroatoms. The van der Waals surface area contributed by atoms with Crippen LogP contribution in [0.4, 0.5) is 4.79 Å². The molecule has 0 atom stereocenters. The molecule has 0 saturated heterocycles. The van der Waals surface area contributed by atoms with E-state index in [9.17, 15) is 4.79 Å². The van der Waals surface area contributed by atoms with Crippen LogP contribution in [0.15, 0.2) is 11.6 Å². The summed E-state index contributed by atoms with van der Waals surface area (Å²) >= 11 is 0. The summed E-state index contributed by atoms with van der Waals surface area (Å²) in [6, 6.07) is 0.0220. The summed E-state index contributed by atoms with van der Waals surface area (Å²) in [4.78, 5) is 12.9. The van der Waals surface area contributed by atoms with Crippen molar-refractivity contribution in [3.05, 3.63) is 11.6 Å². The highest BCUT2D eigenvalue weighted by Gasteiger charge is 2.12. The quantitative estimate of drug-likeness (QED) is 0.518. The van der Waals surface area contributed by atoms with Crippen LogP contribution in [0.1, 0.15) is 13.3 Å². The molecule has 0 aliphatic carbocycles. The Bertz CT molecular complexity index is 187. The second-order valence-corrected chi connectivity index (χ2v) is 2.80. The van der Waals surface area contributed by atoms with E-state index in [0.717, 1.165) is 19.5 Å². The van der Waals surface area contributed by atoms with Crippen molar-refractivity contribution in [1.82, 2.24) is 10.2 Å². The van der Waals surface area contributed by atoms with E-state index in [1.165, 1.54) is 5.57 Å². The molecule has 11 heavy (non-hydrogen) atoms. The topological polar surface area (TPSA) is 32.3 Å². The van der Waals surface area contributed by atoms with Gasteiger partial charge in [0.05, 0.1) is 0 Å². The minimum Gasteiger partial charge on any atom is -0.341 e. The molecule has 0 aromatic rings. The molecule has 0 aromatic carbocycles. The van der Waals surface area contributed by atoms with E-state index in [1.54, 1.807) is 11.9 Å². The lowest BCUT2D eigenvalue weighted by Gasteiger charge is -2.24. The van der Waals surface area contributed by atoms with E-state index in [1.807, 2.05) is 0 Å². The fourth-order valence-corrected chi connectivity index (χ4v) is 1.11. The standard InChI is InChI=1S/C8H14N2O/c1-7-3-5-10(6-4-7)8(11)9-2/h3H,4-6H2,1-2H3,(H,9,11). The Morgan fingerprint density at radius 3 is 2.91 bits per heavy atom. The van der Waals surface area contributed by atoms with Crippen LogP contribution in [0.2, 0.25) is 0 Å². The number of nitrogens with zero attached hydrogens (tertiary/aromatic N) is 1. The maximum absolute atomic E-state index is 11.1. The summed E-state index contributed by atoms with van der Waals surface area (Å²) in [5.74, 6) is 0. The third kappa shape index (κ3) is 1.97. The molecule has 62 valence electrons. The van der Waals surface area contributed by atoms with Gasteiger partial charge in [-0.15, -0.1) is 0 Å². The molecule has 0 spiro atoms. The molecule has 1 heterocycles. The van der Waals surface area contributed by atoms with Crippen molar-refractivity contribution >= 4 is 6.03 Å². The summed E-state index contributed by atoms with van der Waals surface area (Å²) in [5.41, 5.74) is 1.38. The third-order valence-corrected chi connectivity index (χ3v) is 1.94. The van der Waals surface area contributed by atoms with Crippen LogP contribution < -0.4 is 5.32 Å². The first kappa shape index (κ1) is 8.11. The minimum absolute atomic E-state index is 0.0220. The monoisotopic (exact) mass is 154 g/mol. The molecule has 0 fully saturated rings. The predicted octanol–water partition coefficient (Wildman–Crippen LogP) is 0.978. The number of nitrogens with one attached hydrogen (secondary N) is 1. The Hall–Kier alpha value is -0.990. The summed E-state index contributed by atoms with van der Waals surface area (Å²) in [6.45, 7) is 3.70. The van der Waals surface area contributed by atoms with E-state index < -0.39 is 0 Å². The Kier molecular flexibility index (Phi) is 2.52. The molecule has 1 N–H and O–H groups in total. The van der Waals surface area contributed by atoms with Crippen LogP contribution in [0.25, 0.3) is 0 Å². The maximum atomic E-state index is 11.1. The Morgan fingerprint density at radius 1 is 1.73 bits per heavy atom. The van der Waals surface area contributed by atoms with E-state index in [0.29, 0.717) is 0 Å². The molecule has 0 radical (unpaired) electrons. The van der Waals surface area contributed by atoms with E-state index in [2.05, 4.69) is 18.3 Å². The van der Waals surface area contributed by atoms with Gasteiger partial charge in [0, 0.05) is 20.1 Å². The predicted molar refractivity (Wildman–Crippen MR) is 44.4 cm³/mol. The first-order chi connectivity index (χ1) is 5.24.